The van der Waals surface area contributed by atoms with Gasteiger partial charge in [-0.3, -0.25) is 0 Å². The van der Waals surface area contributed by atoms with Crippen molar-refractivity contribution in [1.82, 2.24) is 9.97 Å². The third-order valence-corrected chi connectivity index (χ3v) is 2.44. The minimum absolute atomic E-state index is 0.0217. The fourth-order valence-corrected chi connectivity index (χ4v) is 1.66. The van der Waals surface area contributed by atoms with Crippen LogP contribution in [0, 0.1) is 0 Å². The maximum atomic E-state index is 12.2. The Morgan fingerprint density at radius 2 is 2.11 bits per heavy atom. The number of ether oxygens (including phenoxy) is 1. The van der Waals surface area contributed by atoms with E-state index in [9.17, 15) is 13.9 Å². The number of nitrogens with zero attached hydrogens (tertiary/aromatic N) is 1. The first kappa shape index (κ1) is 12.5. The van der Waals surface area contributed by atoms with Crippen LogP contribution < -0.4 is 4.74 Å². The van der Waals surface area contributed by atoms with Crippen molar-refractivity contribution in [3.8, 4) is 5.75 Å². The van der Waals surface area contributed by atoms with Crippen molar-refractivity contribution in [2.45, 2.75) is 19.1 Å². The molecule has 96 valence electrons. The SMILES string of the molecule is OC(Cc1ncc[nH]1)c1ccccc1OC(F)F. The van der Waals surface area contributed by atoms with Crippen LogP contribution in [0.2, 0.25) is 0 Å². The second kappa shape index (κ2) is 5.59. The quantitative estimate of drug-likeness (QED) is 0.860. The van der Waals surface area contributed by atoms with Gasteiger partial charge < -0.3 is 14.8 Å². The molecular weight excluding hydrogens is 242 g/mol. The molecule has 0 spiro atoms. The smallest absolute Gasteiger partial charge is 0.387 e. The van der Waals surface area contributed by atoms with Crippen LogP contribution >= 0.6 is 0 Å². The minimum atomic E-state index is -2.91. The Kier molecular flexibility index (Phi) is 3.88. The number of hydrogen-bond donors (Lipinski definition) is 2. The molecule has 18 heavy (non-hydrogen) atoms. The van der Waals surface area contributed by atoms with Gasteiger partial charge in [-0.2, -0.15) is 8.78 Å². The molecule has 1 heterocycles. The zero-order valence-electron chi connectivity index (χ0n) is 9.38. The topological polar surface area (TPSA) is 58.1 Å². The summed E-state index contributed by atoms with van der Waals surface area (Å²) in [7, 11) is 0. The lowest BCUT2D eigenvalue weighted by Crippen LogP contribution is -2.09. The second-order valence-electron chi connectivity index (χ2n) is 3.67. The molecule has 1 atom stereocenters. The van der Waals surface area contributed by atoms with Crippen LogP contribution in [0.25, 0.3) is 0 Å². The molecule has 1 aromatic heterocycles. The average Bonchev–Trinajstić information content (AvgIpc) is 2.81. The number of aromatic nitrogens is 2. The standard InChI is InChI=1S/C12H12F2N2O2/c13-12(14)18-10-4-2-1-3-8(10)9(17)7-11-15-5-6-16-11/h1-6,9,12,17H,7H2,(H,15,16). The third-order valence-electron chi connectivity index (χ3n) is 2.44. The van der Waals surface area contributed by atoms with E-state index in [2.05, 4.69) is 14.7 Å². The molecule has 0 saturated heterocycles. The highest BCUT2D eigenvalue weighted by molar-refractivity contribution is 5.35. The summed E-state index contributed by atoms with van der Waals surface area (Å²) >= 11 is 0. The van der Waals surface area contributed by atoms with Crippen molar-refractivity contribution in [1.29, 1.82) is 0 Å². The molecule has 2 N–H and O–H groups in total. The van der Waals surface area contributed by atoms with E-state index in [4.69, 9.17) is 0 Å². The second-order valence-corrected chi connectivity index (χ2v) is 3.67. The van der Waals surface area contributed by atoms with E-state index in [0.29, 0.717) is 11.4 Å². The number of halogens is 2. The third kappa shape index (κ3) is 3.04. The zero-order valence-corrected chi connectivity index (χ0v) is 9.38. The number of H-pyrrole nitrogens is 1. The summed E-state index contributed by atoms with van der Waals surface area (Å²) in [4.78, 5) is 6.81. The Bertz CT molecular complexity index is 489. The first-order valence-electron chi connectivity index (χ1n) is 5.37. The number of para-hydroxylation sites is 1. The Hall–Kier alpha value is -1.95. The lowest BCUT2D eigenvalue weighted by atomic mass is 10.1. The predicted octanol–water partition coefficient (Wildman–Crippen LogP) is 2.29. The van der Waals surface area contributed by atoms with Crippen LogP contribution in [-0.4, -0.2) is 21.7 Å². The number of benzene rings is 1. The van der Waals surface area contributed by atoms with Crippen LogP contribution in [-0.2, 0) is 6.42 Å². The molecule has 1 aromatic carbocycles. The first-order valence-corrected chi connectivity index (χ1v) is 5.37. The van der Waals surface area contributed by atoms with Gasteiger partial charge in [0.25, 0.3) is 0 Å². The summed E-state index contributed by atoms with van der Waals surface area (Å²) in [6.07, 6.45) is 2.44. The normalized spacial score (nSPS) is 12.7. The van der Waals surface area contributed by atoms with Gasteiger partial charge in [-0.25, -0.2) is 4.98 Å². The highest BCUT2D eigenvalue weighted by Gasteiger charge is 2.17. The maximum absolute atomic E-state index is 12.2. The molecule has 0 radical (unpaired) electrons. The van der Waals surface area contributed by atoms with Crippen molar-refractivity contribution >= 4 is 0 Å². The van der Waals surface area contributed by atoms with Gasteiger partial charge in [-0.05, 0) is 6.07 Å². The molecule has 6 heteroatoms. The number of alkyl halides is 2. The number of aromatic amines is 1. The van der Waals surface area contributed by atoms with E-state index >= 15 is 0 Å². The number of imidazole rings is 1. The molecule has 0 amide bonds. The highest BCUT2D eigenvalue weighted by Crippen LogP contribution is 2.28. The fourth-order valence-electron chi connectivity index (χ4n) is 1.66. The van der Waals surface area contributed by atoms with Gasteiger partial charge >= 0.3 is 6.61 Å². The predicted molar refractivity (Wildman–Crippen MR) is 60.3 cm³/mol. The van der Waals surface area contributed by atoms with Gasteiger partial charge in [0.2, 0.25) is 0 Å². The van der Waals surface area contributed by atoms with E-state index in [-0.39, 0.29) is 12.2 Å². The lowest BCUT2D eigenvalue weighted by Gasteiger charge is -2.14. The molecule has 4 nitrogen and oxygen atoms in total. The number of hydrogen-bond acceptors (Lipinski definition) is 3. The minimum Gasteiger partial charge on any atom is -0.434 e. The zero-order chi connectivity index (χ0) is 13.0. The molecule has 0 aliphatic heterocycles. The molecule has 1 unspecified atom stereocenters. The summed E-state index contributed by atoms with van der Waals surface area (Å²) < 4.78 is 28.8. The Morgan fingerprint density at radius 3 is 2.78 bits per heavy atom. The first-order chi connectivity index (χ1) is 8.66. The van der Waals surface area contributed by atoms with Crippen molar-refractivity contribution < 1.29 is 18.6 Å². The van der Waals surface area contributed by atoms with E-state index in [1.165, 1.54) is 6.07 Å². The number of aliphatic hydroxyl groups excluding tert-OH is 1. The summed E-state index contributed by atoms with van der Waals surface area (Å²) in [6, 6.07) is 6.16. The van der Waals surface area contributed by atoms with E-state index in [0.717, 1.165) is 0 Å². The van der Waals surface area contributed by atoms with Gasteiger partial charge in [-0.1, -0.05) is 18.2 Å². The summed E-state index contributed by atoms with van der Waals surface area (Å²) in [5.74, 6) is 0.556. The Morgan fingerprint density at radius 1 is 1.33 bits per heavy atom. The molecule has 0 fully saturated rings. The summed E-state index contributed by atoms with van der Waals surface area (Å²) in [6.45, 7) is -2.91. The summed E-state index contributed by atoms with van der Waals surface area (Å²) in [5, 5.41) is 10.0. The average molecular weight is 254 g/mol. The Labute approximate surface area is 102 Å². The molecule has 0 bridgehead atoms. The largest absolute Gasteiger partial charge is 0.434 e. The van der Waals surface area contributed by atoms with Gasteiger partial charge in [0, 0.05) is 24.4 Å². The van der Waals surface area contributed by atoms with Gasteiger partial charge in [0.15, 0.2) is 0 Å². The molecule has 0 saturated carbocycles. The van der Waals surface area contributed by atoms with Crippen LogP contribution in [0.1, 0.15) is 17.5 Å². The summed E-state index contributed by atoms with van der Waals surface area (Å²) in [5.41, 5.74) is 0.314. The van der Waals surface area contributed by atoms with E-state index in [1.807, 2.05) is 0 Å². The van der Waals surface area contributed by atoms with Gasteiger partial charge in [0.1, 0.15) is 11.6 Å². The number of aliphatic hydroxyl groups is 1. The number of rotatable bonds is 5. The molecule has 2 aromatic rings. The van der Waals surface area contributed by atoms with Crippen LogP contribution in [0.4, 0.5) is 8.78 Å². The van der Waals surface area contributed by atoms with E-state index in [1.54, 1.807) is 30.6 Å². The fraction of sp³-hybridized carbons (Fsp3) is 0.250. The molecule has 2 rings (SSSR count). The van der Waals surface area contributed by atoms with Crippen molar-refractivity contribution in [2.75, 3.05) is 0 Å². The van der Waals surface area contributed by atoms with Crippen molar-refractivity contribution in [3.63, 3.8) is 0 Å². The molecule has 0 aliphatic rings. The molecular formula is C12H12F2N2O2. The monoisotopic (exact) mass is 254 g/mol. The van der Waals surface area contributed by atoms with Crippen molar-refractivity contribution in [2.24, 2.45) is 0 Å². The maximum Gasteiger partial charge on any atom is 0.387 e. The number of nitrogens with one attached hydrogen (secondary N) is 1. The van der Waals surface area contributed by atoms with Crippen molar-refractivity contribution in [3.05, 3.63) is 48.0 Å². The Balaban J connectivity index is 2.16. The van der Waals surface area contributed by atoms with Crippen LogP contribution in [0.5, 0.6) is 5.75 Å². The van der Waals surface area contributed by atoms with Gasteiger partial charge in [-0.15, -0.1) is 0 Å². The molecule has 0 aliphatic carbocycles. The van der Waals surface area contributed by atoms with Gasteiger partial charge in [0.05, 0.1) is 6.10 Å². The lowest BCUT2D eigenvalue weighted by molar-refractivity contribution is -0.0515. The highest BCUT2D eigenvalue weighted by atomic mass is 19.3. The van der Waals surface area contributed by atoms with Crippen LogP contribution in [0.15, 0.2) is 36.7 Å². The van der Waals surface area contributed by atoms with E-state index < -0.39 is 12.7 Å². The van der Waals surface area contributed by atoms with Crippen LogP contribution in [0.3, 0.4) is 0 Å².